The van der Waals surface area contributed by atoms with Crippen molar-refractivity contribution in [3.05, 3.63) is 35.6 Å². The predicted molar refractivity (Wildman–Crippen MR) is 70.9 cm³/mol. The lowest BCUT2D eigenvalue weighted by atomic mass is 9.89. The van der Waals surface area contributed by atoms with Gasteiger partial charge in [-0.15, -0.1) is 0 Å². The van der Waals surface area contributed by atoms with Crippen LogP contribution in [0.3, 0.4) is 0 Å². The van der Waals surface area contributed by atoms with Gasteiger partial charge in [-0.1, -0.05) is 19.9 Å². The van der Waals surface area contributed by atoms with E-state index < -0.39 is 23.2 Å². The number of rotatable bonds is 5. The molecule has 0 spiro atoms. The van der Waals surface area contributed by atoms with Gasteiger partial charge in [0.15, 0.2) is 0 Å². The molecule has 0 fully saturated rings. The van der Waals surface area contributed by atoms with Crippen LogP contribution in [0.5, 0.6) is 0 Å². The fourth-order valence-corrected chi connectivity index (χ4v) is 1.98. The second-order valence-corrected chi connectivity index (χ2v) is 5.26. The first-order chi connectivity index (χ1) is 8.74. The first-order valence-corrected chi connectivity index (χ1v) is 6.12. The molecule has 0 bridgehead atoms. The van der Waals surface area contributed by atoms with Gasteiger partial charge in [-0.25, -0.2) is 4.39 Å². The van der Waals surface area contributed by atoms with E-state index in [0.29, 0.717) is 6.42 Å². The number of nitrogens with two attached hydrogens (primary N) is 1. The minimum absolute atomic E-state index is 0.163. The SMILES string of the molecule is CC(C)CC(C)(NC(=O)c1cccc(F)c1)C(N)=O. The van der Waals surface area contributed by atoms with E-state index in [1.165, 1.54) is 18.2 Å². The number of carbonyl (C=O) groups excluding carboxylic acids is 2. The highest BCUT2D eigenvalue weighted by Gasteiger charge is 2.33. The van der Waals surface area contributed by atoms with E-state index >= 15 is 0 Å². The van der Waals surface area contributed by atoms with E-state index in [-0.39, 0.29) is 11.5 Å². The summed E-state index contributed by atoms with van der Waals surface area (Å²) in [4.78, 5) is 23.5. The average molecular weight is 266 g/mol. The monoisotopic (exact) mass is 266 g/mol. The molecular weight excluding hydrogens is 247 g/mol. The summed E-state index contributed by atoms with van der Waals surface area (Å²) < 4.78 is 13.1. The van der Waals surface area contributed by atoms with Crippen LogP contribution in [0.1, 0.15) is 37.6 Å². The van der Waals surface area contributed by atoms with E-state index in [2.05, 4.69) is 5.32 Å². The van der Waals surface area contributed by atoms with Gasteiger partial charge >= 0.3 is 0 Å². The number of amides is 2. The molecule has 0 aromatic heterocycles. The Balaban J connectivity index is 2.91. The molecular formula is C14H19FN2O2. The zero-order valence-electron chi connectivity index (χ0n) is 11.4. The lowest BCUT2D eigenvalue weighted by molar-refractivity contribution is -0.124. The summed E-state index contributed by atoms with van der Waals surface area (Å²) in [5.41, 5.74) is 4.37. The van der Waals surface area contributed by atoms with Gasteiger partial charge in [0.2, 0.25) is 5.91 Å². The lowest BCUT2D eigenvalue weighted by Gasteiger charge is -2.29. The van der Waals surface area contributed by atoms with Gasteiger partial charge in [0.1, 0.15) is 11.4 Å². The van der Waals surface area contributed by atoms with Gasteiger partial charge in [0, 0.05) is 5.56 Å². The molecule has 1 aromatic carbocycles. The van der Waals surface area contributed by atoms with Crippen molar-refractivity contribution < 1.29 is 14.0 Å². The summed E-state index contributed by atoms with van der Waals surface area (Å²) in [6.07, 6.45) is 0.420. The highest BCUT2D eigenvalue weighted by atomic mass is 19.1. The normalized spacial score (nSPS) is 13.9. The second kappa shape index (κ2) is 5.82. The van der Waals surface area contributed by atoms with Crippen LogP contribution < -0.4 is 11.1 Å². The number of hydrogen-bond donors (Lipinski definition) is 2. The Hall–Kier alpha value is -1.91. The molecule has 0 saturated carbocycles. The highest BCUT2D eigenvalue weighted by molar-refractivity contribution is 5.98. The molecule has 1 aromatic rings. The predicted octanol–water partition coefficient (Wildman–Crippen LogP) is 1.85. The third kappa shape index (κ3) is 4.05. The summed E-state index contributed by atoms with van der Waals surface area (Å²) in [5, 5.41) is 2.59. The van der Waals surface area contributed by atoms with Crippen molar-refractivity contribution in [1.82, 2.24) is 5.32 Å². The minimum Gasteiger partial charge on any atom is -0.368 e. The summed E-state index contributed by atoms with van der Waals surface area (Å²) in [7, 11) is 0. The van der Waals surface area contributed by atoms with Crippen molar-refractivity contribution in [2.45, 2.75) is 32.7 Å². The Bertz CT molecular complexity index is 488. The summed E-state index contributed by atoms with van der Waals surface area (Å²) >= 11 is 0. The Kier molecular flexibility index (Phi) is 4.64. The third-order valence-corrected chi connectivity index (χ3v) is 2.84. The fraction of sp³-hybridized carbons (Fsp3) is 0.429. The van der Waals surface area contributed by atoms with Crippen LogP contribution in [0.15, 0.2) is 24.3 Å². The van der Waals surface area contributed by atoms with Crippen LogP contribution >= 0.6 is 0 Å². The van der Waals surface area contributed by atoms with Gasteiger partial charge < -0.3 is 11.1 Å². The zero-order chi connectivity index (χ0) is 14.6. The van der Waals surface area contributed by atoms with Crippen molar-refractivity contribution in [3.63, 3.8) is 0 Å². The number of benzene rings is 1. The van der Waals surface area contributed by atoms with Gasteiger partial charge in [-0.3, -0.25) is 9.59 Å². The van der Waals surface area contributed by atoms with Crippen LogP contribution in [0.4, 0.5) is 4.39 Å². The van der Waals surface area contributed by atoms with Gasteiger partial charge in [0.05, 0.1) is 0 Å². The van der Waals surface area contributed by atoms with Crippen molar-refractivity contribution in [3.8, 4) is 0 Å². The molecule has 1 atom stereocenters. The summed E-state index contributed by atoms with van der Waals surface area (Å²) in [5.74, 6) is -1.44. The number of carbonyl (C=O) groups is 2. The first kappa shape index (κ1) is 15.1. The first-order valence-electron chi connectivity index (χ1n) is 6.12. The maximum absolute atomic E-state index is 13.1. The maximum Gasteiger partial charge on any atom is 0.252 e. The topological polar surface area (TPSA) is 72.2 Å². The molecule has 2 amide bonds. The Morgan fingerprint density at radius 2 is 2.05 bits per heavy atom. The van der Waals surface area contributed by atoms with E-state index in [1.54, 1.807) is 6.92 Å². The van der Waals surface area contributed by atoms with Crippen molar-refractivity contribution in [1.29, 1.82) is 0 Å². The number of hydrogen-bond acceptors (Lipinski definition) is 2. The highest BCUT2D eigenvalue weighted by Crippen LogP contribution is 2.17. The minimum atomic E-state index is -1.14. The second-order valence-electron chi connectivity index (χ2n) is 5.26. The van der Waals surface area contributed by atoms with Crippen LogP contribution in [-0.4, -0.2) is 17.4 Å². The molecule has 4 nitrogen and oxygen atoms in total. The van der Waals surface area contributed by atoms with Gasteiger partial charge in [-0.2, -0.15) is 0 Å². The molecule has 0 aliphatic heterocycles. The smallest absolute Gasteiger partial charge is 0.252 e. The zero-order valence-corrected chi connectivity index (χ0v) is 11.4. The van der Waals surface area contributed by atoms with Crippen LogP contribution in [0.2, 0.25) is 0 Å². The van der Waals surface area contributed by atoms with E-state index in [0.717, 1.165) is 6.07 Å². The quantitative estimate of drug-likeness (QED) is 0.853. The van der Waals surface area contributed by atoms with Crippen molar-refractivity contribution in [2.24, 2.45) is 11.7 Å². The molecule has 0 heterocycles. The maximum atomic E-state index is 13.1. The molecule has 19 heavy (non-hydrogen) atoms. The van der Waals surface area contributed by atoms with E-state index in [4.69, 9.17) is 5.73 Å². The van der Waals surface area contributed by atoms with Crippen LogP contribution in [0, 0.1) is 11.7 Å². The molecule has 1 rings (SSSR count). The number of halogens is 1. The third-order valence-electron chi connectivity index (χ3n) is 2.84. The largest absolute Gasteiger partial charge is 0.368 e. The number of primary amides is 1. The molecule has 3 N–H and O–H groups in total. The molecule has 1 unspecified atom stereocenters. The molecule has 0 saturated heterocycles. The molecule has 5 heteroatoms. The van der Waals surface area contributed by atoms with Crippen LogP contribution in [-0.2, 0) is 4.79 Å². The van der Waals surface area contributed by atoms with Crippen molar-refractivity contribution >= 4 is 11.8 Å². The fourth-order valence-electron chi connectivity index (χ4n) is 1.98. The van der Waals surface area contributed by atoms with Gasteiger partial charge in [0.25, 0.3) is 5.91 Å². The van der Waals surface area contributed by atoms with E-state index in [1.807, 2.05) is 13.8 Å². The molecule has 0 aliphatic rings. The van der Waals surface area contributed by atoms with E-state index in [9.17, 15) is 14.0 Å². The summed E-state index contributed by atoms with van der Waals surface area (Å²) in [6.45, 7) is 5.43. The van der Waals surface area contributed by atoms with Gasteiger partial charge in [-0.05, 0) is 37.5 Å². The summed E-state index contributed by atoms with van der Waals surface area (Å²) in [6, 6.07) is 5.29. The standard InChI is InChI=1S/C14H19FN2O2/c1-9(2)8-14(3,13(16)19)17-12(18)10-5-4-6-11(15)7-10/h4-7,9H,8H2,1-3H3,(H2,16,19)(H,17,18). The Morgan fingerprint density at radius 1 is 1.42 bits per heavy atom. The molecule has 0 radical (unpaired) electrons. The average Bonchev–Trinajstić information content (AvgIpc) is 2.27. The lowest BCUT2D eigenvalue weighted by Crippen LogP contribution is -2.56. The van der Waals surface area contributed by atoms with Crippen molar-refractivity contribution in [2.75, 3.05) is 0 Å². The molecule has 0 aliphatic carbocycles. The number of nitrogens with one attached hydrogen (secondary N) is 1. The molecule has 104 valence electrons. The Morgan fingerprint density at radius 3 is 2.53 bits per heavy atom. The Labute approximate surface area is 112 Å². The van der Waals surface area contributed by atoms with Crippen LogP contribution in [0.25, 0.3) is 0 Å².